The number of hydrogen-bond acceptors (Lipinski definition) is 4. The highest BCUT2D eigenvalue weighted by molar-refractivity contribution is 5.87. The molecule has 2 rings (SSSR count). The number of carboxylic acids is 1. The molecule has 2 N–H and O–H groups in total. The van der Waals surface area contributed by atoms with Crippen molar-refractivity contribution in [2.45, 2.75) is 6.18 Å². The topological polar surface area (TPSA) is 84.0 Å². The van der Waals surface area contributed by atoms with Gasteiger partial charge in [0.15, 0.2) is 5.69 Å². The normalized spacial score (nSPS) is 11.5. The molecule has 0 amide bonds. The molecule has 19 heavy (non-hydrogen) atoms. The van der Waals surface area contributed by atoms with Crippen LogP contribution in [-0.2, 0) is 6.18 Å². The number of benzene rings is 1. The molecule has 0 aliphatic carbocycles. The third-order valence-electron chi connectivity index (χ3n) is 2.40. The molecule has 0 aliphatic heterocycles. The Labute approximate surface area is 105 Å². The quantitative estimate of drug-likeness (QED) is 0.819. The van der Waals surface area contributed by atoms with Crippen LogP contribution in [-0.4, -0.2) is 15.7 Å². The summed E-state index contributed by atoms with van der Waals surface area (Å²) in [6.45, 7) is 0. The van der Waals surface area contributed by atoms with Gasteiger partial charge < -0.3 is 15.6 Å². The Morgan fingerprint density at radius 3 is 2.32 bits per heavy atom. The molecule has 0 aliphatic rings. The zero-order valence-electron chi connectivity index (χ0n) is 9.31. The molecular weight excluding hydrogens is 263 g/mol. The summed E-state index contributed by atoms with van der Waals surface area (Å²) in [6, 6.07) is 5.37. The van der Waals surface area contributed by atoms with Crippen molar-refractivity contribution in [2.24, 2.45) is 0 Å². The number of nitrogens with zero attached hydrogens (tertiary/aromatic N) is 2. The van der Waals surface area contributed by atoms with Crippen molar-refractivity contribution in [1.29, 1.82) is 0 Å². The van der Waals surface area contributed by atoms with Gasteiger partial charge in [0.1, 0.15) is 0 Å². The maximum Gasteiger partial charge on any atom is 0.434 e. The molecule has 0 saturated heterocycles. The first kappa shape index (κ1) is 12.9. The lowest BCUT2D eigenvalue weighted by Gasteiger charge is -2.13. The van der Waals surface area contributed by atoms with Gasteiger partial charge in [0, 0.05) is 11.3 Å². The van der Waals surface area contributed by atoms with Crippen molar-refractivity contribution in [3.63, 3.8) is 0 Å². The highest BCUT2D eigenvalue weighted by Gasteiger charge is 2.38. The molecule has 0 radical (unpaired) electrons. The Bertz CT molecular complexity index is 617. The number of hydrogen-bond donors (Lipinski definition) is 1. The number of halogens is 3. The lowest BCUT2D eigenvalue weighted by Crippen LogP contribution is -2.26. The van der Waals surface area contributed by atoms with Crippen LogP contribution in [0.2, 0.25) is 0 Å². The summed E-state index contributed by atoms with van der Waals surface area (Å²) >= 11 is 0. The van der Waals surface area contributed by atoms with E-state index in [1.54, 1.807) is 0 Å². The molecule has 0 atom stereocenters. The van der Waals surface area contributed by atoms with E-state index < -0.39 is 23.4 Å². The molecule has 1 heterocycles. The Morgan fingerprint density at radius 2 is 1.84 bits per heavy atom. The van der Waals surface area contributed by atoms with Gasteiger partial charge in [-0.25, -0.2) is 4.68 Å². The second-order valence-corrected chi connectivity index (χ2v) is 3.70. The lowest BCUT2D eigenvalue weighted by molar-refractivity contribution is -0.255. The predicted octanol–water partition coefficient (Wildman–Crippen LogP) is 0.837. The SMILES string of the molecule is Nc1ccc(-n2ncc(C(=O)[O-])c2C(F)(F)F)cc1. The van der Waals surface area contributed by atoms with Crippen molar-refractivity contribution in [2.75, 3.05) is 5.73 Å². The van der Waals surface area contributed by atoms with E-state index in [4.69, 9.17) is 5.73 Å². The molecule has 0 spiro atoms. The first-order valence-corrected chi connectivity index (χ1v) is 5.03. The van der Waals surface area contributed by atoms with E-state index in [0.717, 1.165) is 0 Å². The molecule has 0 bridgehead atoms. The van der Waals surface area contributed by atoms with Gasteiger partial charge >= 0.3 is 6.18 Å². The average Bonchev–Trinajstić information content (AvgIpc) is 2.74. The number of alkyl halides is 3. The monoisotopic (exact) mass is 270 g/mol. The molecule has 2 aromatic rings. The number of rotatable bonds is 2. The first-order chi connectivity index (χ1) is 8.80. The maximum atomic E-state index is 12.9. The standard InChI is InChI=1S/C11H8F3N3O2/c12-11(13,14)9-8(10(18)19)5-16-17(9)7-3-1-6(15)2-4-7/h1-5H,15H2,(H,18,19)/p-1. The second kappa shape index (κ2) is 4.30. The van der Waals surface area contributed by atoms with Crippen LogP contribution >= 0.6 is 0 Å². The molecule has 1 aromatic heterocycles. The number of aromatic carboxylic acids is 1. The largest absolute Gasteiger partial charge is 0.545 e. The van der Waals surface area contributed by atoms with E-state index in [1.165, 1.54) is 24.3 Å². The summed E-state index contributed by atoms with van der Waals surface area (Å²) in [5.41, 5.74) is 3.44. The van der Waals surface area contributed by atoms with Gasteiger partial charge in [-0.05, 0) is 24.3 Å². The minimum Gasteiger partial charge on any atom is -0.545 e. The van der Waals surface area contributed by atoms with E-state index in [9.17, 15) is 23.1 Å². The van der Waals surface area contributed by atoms with Crippen LogP contribution in [0, 0.1) is 0 Å². The number of nitrogen functional groups attached to an aromatic ring is 1. The van der Waals surface area contributed by atoms with Gasteiger partial charge in [0.05, 0.1) is 17.9 Å². The van der Waals surface area contributed by atoms with Gasteiger partial charge in [0.25, 0.3) is 0 Å². The number of aromatic nitrogens is 2. The summed E-state index contributed by atoms with van der Waals surface area (Å²) in [5, 5.41) is 14.1. The Balaban J connectivity index is 2.64. The van der Waals surface area contributed by atoms with Crippen LogP contribution in [0.3, 0.4) is 0 Å². The van der Waals surface area contributed by atoms with Crippen LogP contribution in [0.4, 0.5) is 18.9 Å². The predicted molar refractivity (Wildman–Crippen MR) is 57.3 cm³/mol. The van der Waals surface area contributed by atoms with Crippen LogP contribution in [0.25, 0.3) is 5.69 Å². The minimum absolute atomic E-state index is 0.0500. The highest BCUT2D eigenvalue weighted by Crippen LogP contribution is 2.33. The van der Waals surface area contributed by atoms with Gasteiger partial charge in [-0.2, -0.15) is 18.3 Å². The number of nitrogens with two attached hydrogens (primary N) is 1. The molecule has 0 unspecified atom stereocenters. The van der Waals surface area contributed by atoms with Gasteiger partial charge in [-0.15, -0.1) is 0 Å². The van der Waals surface area contributed by atoms with Crippen molar-refractivity contribution in [3.05, 3.63) is 41.7 Å². The first-order valence-electron chi connectivity index (χ1n) is 5.03. The third-order valence-corrected chi connectivity index (χ3v) is 2.40. The van der Waals surface area contributed by atoms with Gasteiger partial charge in [0.2, 0.25) is 0 Å². The van der Waals surface area contributed by atoms with E-state index in [1.807, 2.05) is 0 Å². The molecule has 0 saturated carbocycles. The lowest BCUT2D eigenvalue weighted by atomic mass is 10.2. The highest BCUT2D eigenvalue weighted by atomic mass is 19.4. The van der Waals surface area contributed by atoms with E-state index >= 15 is 0 Å². The fourth-order valence-electron chi connectivity index (χ4n) is 1.58. The van der Waals surface area contributed by atoms with Crippen molar-refractivity contribution in [1.82, 2.24) is 9.78 Å². The number of carboxylic acid groups (broad SMARTS) is 1. The van der Waals surface area contributed by atoms with Crippen LogP contribution in [0.15, 0.2) is 30.5 Å². The average molecular weight is 270 g/mol. The molecular formula is C11H7F3N3O2-. The van der Waals surface area contributed by atoms with Crippen molar-refractivity contribution in [3.8, 4) is 5.69 Å². The zero-order valence-corrected chi connectivity index (χ0v) is 9.31. The molecule has 0 fully saturated rings. The minimum atomic E-state index is -4.87. The summed E-state index contributed by atoms with van der Waals surface area (Å²) in [7, 11) is 0. The Morgan fingerprint density at radius 1 is 1.26 bits per heavy atom. The van der Waals surface area contributed by atoms with Gasteiger partial charge in [-0.1, -0.05) is 0 Å². The molecule has 5 nitrogen and oxygen atoms in total. The smallest absolute Gasteiger partial charge is 0.434 e. The van der Waals surface area contributed by atoms with E-state index in [0.29, 0.717) is 16.6 Å². The number of anilines is 1. The van der Waals surface area contributed by atoms with E-state index in [2.05, 4.69) is 5.10 Å². The molecule has 8 heteroatoms. The molecule has 1 aromatic carbocycles. The van der Waals surface area contributed by atoms with Crippen LogP contribution < -0.4 is 10.8 Å². The summed E-state index contributed by atoms with van der Waals surface area (Å²) in [6.07, 6.45) is -4.26. The second-order valence-electron chi connectivity index (χ2n) is 3.70. The fourth-order valence-corrected chi connectivity index (χ4v) is 1.58. The zero-order chi connectivity index (χ0) is 14.2. The number of carbonyl (C=O) groups is 1. The van der Waals surface area contributed by atoms with Crippen LogP contribution in [0.5, 0.6) is 0 Å². The molecule has 100 valence electrons. The summed E-state index contributed by atoms with van der Waals surface area (Å²) in [4.78, 5) is 10.7. The third kappa shape index (κ3) is 2.37. The Kier molecular flexibility index (Phi) is 2.93. The summed E-state index contributed by atoms with van der Waals surface area (Å²) < 4.78 is 39.2. The maximum absolute atomic E-state index is 12.9. The van der Waals surface area contributed by atoms with E-state index in [-0.39, 0.29) is 5.69 Å². The van der Waals surface area contributed by atoms with Gasteiger partial charge in [-0.3, -0.25) is 0 Å². The van der Waals surface area contributed by atoms with Crippen molar-refractivity contribution >= 4 is 11.7 Å². The summed E-state index contributed by atoms with van der Waals surface area (Å²) in [5.74, 6) is -1.94. The number of carbonyl (C=O) groups excluding carboxylic acids is 1. The van der Waals surface area contributed by atoms with Crippen molar-refractivity contribution < 1.29 is 23.1 Å². The Hall–Kier alpha value is -2.51. The fraction of sp³-hybridized carbons (Fsp3) is 0.0909. The van der Waals surface area contributed by atoms with Crippen LogP contribution in [0.1, 0.15) is 16.1 Å².